The number of hydrazone groups is 1. The lowest BCUT2D eigenvalue weighted by molar-refractivity contribution is -0.357. The molecule has 1 aliphatic heterocycles. The Morgan fingerprint density at radius 2 is 2.46 bits per heavy atom. The van der Waals surface area contributed by atoms with Gasteiger partial charge in [-0.25, -0.2) is 20.1 Å². The van der Waals surface area contributed by atoms with E-state index >= 15 is 0 Å². The minimum absolute atomic E-state index is 0.00544. The number of amides is 1. The first kappa shape index (κ1) is 13.8. The van der Waals surface area contributed by atoms with E-state index in [1.54, 1.807) is 25.2 Å². The summed E-state index contributed by atoms with van der Waals surface area (Å²) in [6.45, 7) is 2.16. The second-order valence-corrected chi connectivity index (χ2v) is 5.51. The Balaban J connectivity index is 1.91. The number of aromatic amines is 1. The number of ether oxygens (including phenoxy) is 2. The van der Waals surface area contributed by atoms with Crippen LogP contribution in [0.15, 0.2) is 23.3 Å². The molecule has 0 aliphatic carbocycles. The van der Waals surface area contributed by atoms with Crippen LogP contribution in [-0.2, 0) is 4.74 Å². The van der Waals surface area contributed by atoms with Crippen LogP contribution in [0.5, 0.6) is 5.88 Å². The summed E-state index contributed by atoms with van der Waals surface area (Å²) in [6, 6.07) is 4.58. The highest BCUT2D eigenvalue weighted by Gasteiger charge is 2.28. The van der Waals surface area contributed by atoms with Gasteiger partial charge in [0.1, 0.15) is 5.52 Å². The van der Waals surface area contributed by atoms with Crippen molar-refractivity contribution in [1.82, 2.24) is 10.3 Å². The van der Waals surface area contributed by atoms with Crippen LogP contribution in [0.25, 0.3) is 11.0 Å². The smallest absolute Gasteiger partial charge is 0.449 e. The number of nitrogens with one attached hydrogen (secondary N) is 2. The third-order valence-corrected chi connectivity index (χ3v) is 3.45. The standard InChI is InChI=1S/C15H16ClN5O3/c1-3-4-7-23-15(22)19-14-20-21(2)12-13(24-14)18-11-8-9(16)5-6-10(11)17-12/h5-6,8H,3-4,7H2,1-2H3,(H,19,20,22)/p+1/i/hD2. The van der Waals surface area contributed by atoms with Crippen molar-refractivity contribution in [3.8, 4) is 5.88 Å². The predicted molar refractivity (Wildman–Crippen MR) is 89.2 cm³/mol. The van der Waals surface area contributed by atoms with Crippen molar-refractivity contribution in [3.05, 3.63) is 23.2 Å². The van der Waals surface area contributed by atoms with Gasteiger partial charge in [0, 0.05) is 18.1 Å². The monoisotopic (exact) mass is 352 g/mol. The van der Waals surface area contributed by atoms with Gasteiger partial charge in [-0.05, 0) is 18.6 Å². The third kappa shape index (κ3) is 3.48. The van der Waals surface area contributed by atoms with Crippen molar-refractivity contribution in [2.24, 2.45) is 5.10 Å². The molecule has 24 heavy (non-hydrogen) atoms. The van der Waals surface area contributed by atoms with E-state index < -0.39 is 6.09 Å². The molecule has 126 valence electrons. The number of anilines is 1. The molecule has 2 heterocycles. The van der Waals surface area contributed by atoms with Crippen molar-refractivity contribution in [3.63, 3.8) is 0 Å². The molecule has 2 N–H and O–H groups in total. The molecule has 0 spiro atoms. The minimum Gasteiger partial charge on any atom is -0.449 e. The molecular formula is C15H17ClN5O3+. The SMILES string of the molecule is [2H]N(C(=O)OCCCC)C1=NN(C)c2nc3ccc(Cl)cc3[n+]([2H])c2O1. The van der Waals surface area contributed by atoms with Crippen molar-refractivity contribution < 1.29 is 22.1 Å². The number of benzene rings is 1. The van der Waals surface area contributed by atoms with Gasteiger partial charge in [-0.15, -0.1) is 5.10 Å². The lowest BCUT2D eigenvalue weighted by Gasteiger charge is -2.19. The predicted octanol–water partition coefficient (Wildman–Crippen LogP) is 2.33. The Morgan fingerprint density at radius 3 is 3.25 bits per heavy atom. The first-order chi connectivity index (χ1) is 12.4. The number of fused-ring (bicyclic) bond motifs is 2. The van der Waals surface area contributed by atoms with Crippen LogP contribution in [0.4, 0.5) is 10.6 Å². The zero-order valence-corrected chi connectivity index (χ0v) is 13.9. The normalized spacial score (nSPS) is 14.3. The van der Waals surface area contributed by atoms with E-state index in [2.05, 4.69) is 10.1 Å². The highest BCUT2D eigenvalue weighted by molar-refractivity contribution is 6.31. The van der Waals surface area contributed by atoms with Crippen molar-refractivity contribution >= 4 is 40.6 Å². The molecule has 0 bridgehead atoms. The number of unbranched alkanes of at least 4 members (excludes halogenated alkanes) is 1. The van der Waals surface area contributed by atoms with Crippen LogP contribution in [-0.4, -0.2) is 30.8 Å². The van der Waals surface area contributed by atoms with E-state index in [-0.39, 0.29) is 24.3 Å². The van der Waals surface area contributed by atoms with Crippen LogP contribution in [0, 0.1) is 0 Å². The third-order valence-electron chi connectivity index (χ3n) is 3.22. The average molecular weight is 353 g/mol. The summed E-state index contributed by atoms with van der Waals surface area (Å²) in [5.74, 6) is 0.275. The Morgan fingerprint density at radius 1 is 1.62 bits per heavy atom. The Labute approximate surface area is 146 Å². The summed E-state index contributed by atoms with van der Waals surface area (Å²) in [7, 11) is 1.58. The number of alkyl carbamates (subject to hydrolysis) is 1. The molecule has 1 aromatic carbocycles. The van der Waals surface area contributed by atoms with E-state index in [1.807, 2.05) is 6.92 Å². The maximum atomic E-state index is 11.9. The van der Waals surface area contributed by atoms with Crippen molar-refractivity contribution in [1.29, 1.82) is 0 Å². The number of carbonyl (C=O) groups excluding carboxylic acids is 1. The summed E-state index contributed by atoms with van der Waals surface area (Å²) in [5, 5.41) is 6.19. The fourth-order valence-electron chi connectivity index (χ4n) is 2.02. The van der Waals surface area contributed by atoms with E-state index in [0.29, 0.717) is 27.8 Å². The summed E-state index contributed by atoms with van der Waals surface area (Å²) < 4.78 is 26.6. The van der Waals surface area contributed by atoms with Gasteiger partial charge < -0.3 is 9.47 Å². The highest BCUT2D eigenvalue weighted by Crippen LogP contribution is 2.26. The molecule has 3 rings (SSSR count). The number of amidine groups is 1. The van der Waals surface area contributed by atoms with E-state index in [1.165, 1.54) is 5.01 Å². The van der Waals surface area contributed by atoms with Crippen LogP contribution in [0.1, 0.15) is 19.8 Å². The minimum atomic E-state index is -0.914. The molecule has 1 amide bonds. The molecule has 8 nitrogen and oxygen atoms in total. The molecule has 1 aromatic heterocycles. The molecule has 9 heteroatoms. The summed E-state index contributed by atoms with van der Waals surface area (Å²) in [6.07, 6.45) is 0.639. The van der Waals surface area contributed by atoms with Crippen LogP contribution in [0.2, 0.25) is 7.85 Å². The number of hydrogen-bond donors (Lipinski definition) is 1. The van der Waals surface area contributed by atoms with Gasteiger partial charge in [0.15, 0.2) is 1.41 Å². The van der Waals surface area contributed by atoms with Crippen molar-refractivity contribution in [2.45, 2.75) is 19.8 Å². The topological polar surface area (TPSA) is 90.2 Å². The largest absolute Gasteiger partial charge is 0.458 e. The Hall–Kier alpha value is -2.61. The number of carbonyl (C=O) groups is 1. The van der Waals surface area contributed by atoms with Crippen molar-refractivity contribution in [2.75, 3.05) is 18.7 Å². The van der Waals surface area contributed by atoms with Gasteiger partial charge in [-0.3, -0.25) is 0 Å². The summed E-state index contributed by atoms with van der Waals surface area (Å²) in [4.78, 5) is 17.3. The summed E-state index contributed by atoms with van der Waals surface area (Å²) >= 11 is 5.98. The highest BCUT2D eigenvalue weighted by atomic mass is 35.5. The first-order valence-corrected chi connectivity index (χ1v) is 7.80. The van der Waals surface area contributed by atoms with Gasteiger partial charge in [-0.1, -0.05) is 24.9 Å². The average Bonchev–Trinajstić information content (AvgIpc) is 2.62. The molecule has 0 fully saturated rings. The molecule has 0 radical (unpaired) electrons. The van der Waals surface area contributed by atoms with Crippen LogP contribution in [0.3, 0.4) is 0 Å². The Bertz CT molecular complexity index is 895. The summed E-state index contributed by atoms with van der Waals surface area (Å²) in [5.41, 5.74) is 0.937. The number of halogens is 1. The second kappa shape index (κ2) is 6.88. The fraction of sp³-hybridized carbons (Fsp3) is 0.333. The molecule has 0 atom stereocenters. The maximum absolute atomic E-state index is 11.9. The number of rotatable bonds is 3. The van der Waals surface area contributed by atoms with E-state index in [4.69, 9.17) is 23.9 Å². The molecular weight excluding hydrogens is 334 g/mol. The number of hydrogen-bond acceptors (Lipinski definition) is 6. The quantitative estimate of drug-likeness (QED) is 0.856. The number of nitrogens with zero attached hydrogens (tertiary/aromatic N) is 3. The van der Waals surface area contributed by atoms with Gasteiger partial charge in [0.25, 0.3) is 5.82 Å². The zero-order chi connectivity index (χ0) is 18.8. The van der Waals surface area contributed by atoms with E-state index in [9.17, 15) is 4.79 Å². The second-order valence-electron chi connectivity index (χ2n) is 5.07. The van der Waals surface area contributed by atoms with Crippen LogP contribution < -0.4 is 20.0 Å². The zero-order valence-electron chi connectivity index (χ0n) is 15.2. The first-order valence-electron chi connectivity index (χ1n) is 8.32. The Kier molecular flexibility index (Phi) is 3.95. The van der Waals surface area contributed by atoms with Gasteiger partial charge in [0.2, 0.25) is 5.52 Å². The maximum Gasteiger partial charge on any atom is 0.458 e. The lowest BCUT2D eigenvalue weighted by atomic mass is 10.3. The fourth-order valence-corrected chi connectivity index (χ4v) is 2.19. The molecule has 0 saturated heterocycles. The number of H-pyrrole nitrogens is 1. The van der Waals surface area contributed by atoms with Crippen LogP contribution >= 0.6 is 11.6 Å². The molecule has 0 saturated carbocycles. The van der Waals surface area contributed by atoms with Gasteiger partial charge >= 0.3 is 19.4 Å². The molecule has 1 aliphatic rings. The van der Waals surface area contributed by atoms with Gasteiger partial charge in [-0.2, -0.15) is 4.98 Å². The van der Waals surface area contributed by atoms with Gasteiger partial charge in [0.05, 0.1) is 6.61 Å². The molecule has 0 unspecified atom stereocenters. The lowest BCUT2D eigenvalue weighted by Crippen LogP contribution is -2.41. The van der Waals surface area contributed by atoms with E-state index in [0.717, 1.165) is 11.4 Å². The number of aromatic nitrogens is 2. The molecule has 2 aromatic rings.